The van der Waals surface area contributed by atoms with Gasteiger partial charge in [-0.15, -0.1) is 0 Å². The van der Waals surface area contributed by atoms with Crippen molar-refractivity contribution >= 4 is 11.6 Å². The van der Waals surface area contributed by atoms with Crippen molar-refractivity contribution in [1.82, 2.24) is 0 Å². The van der Waals surface area contributed by atoms with Crippen LogP contribution < -0.4 is 0 Å². The van der Waals surface area contributed by atoms with Crippen LogP contribution in [-0.2, 0) is 6.42 Å². The lowest BCUT2D eigenvalue weighted by atomic mass is 9.65. The van der Waals surface area contributed by atoms with E-state index in [2.05, 4.69) is 20.8 Å². The summed E-state index contributed by atoms with van der Waals surface area (Å²) in [5, 5.41) is 11.7. The highest BCUT2D eigenvalue weighted by Gasteiger charge is 2.42. The number of halogens is 2. The van der Waals surface area contributed by atoms with E-state index in [1.807, 2.05) is 0 Å². The molecule has 3 atom stereocenters. The second-order valence-electron chi connectivity index (χ2n) is 6.75. The first-order chi connectivity index (χ1) is 9.32. The Balaban J connectivity index is 2.28. The van der Waals surface area contributed by atoms with Gasteiger partial charge < -0.3 is 5.11 Å². The highest BCUT2D eigenvalue weighted by molar-refractivity contribution is 6.31. The molecular weight excluding hydrogens is 275 g/mol. The zero-order chi connectivity index (χ0) is 14.9. The Labute approximate surface area is 126 Å². The van der Waals surface area contributed by atoms with Gasteiger partial charge in [-0.2, -0.15) is 0 Å². The molecule has 1 aliphatic carbocycles. The van der Waals surface area contributed by atoms with Gasteiger partial charge in [-0.05, 0) is 54.4 Å². The van der Waals surface area contributed by atoms with E-state index in [1.54, 1.807) is 6.07 Å². The molecule has 112 valence electrons. The summed E-state index contributed by atoms with van der Waals surface area (Å²) >= 11 is 6.16. The molecule has 1 aromatic rings. The van der Waals surface area contributed by atoms with Crippen LogP contribution in [0.2, 0.25) is 5.02 Å². The molecule has 3 unspecified atom stereocenters. The summed E-state index contributed by atoms with van der Waals surface area (Å²) in [4.78, 5) is 0. The molecule has 0 saturated heterocycles. The van der Waals surface area contributed by atoms with Crippen molar-refractivity contribution in [2.75, 3.05) is 0 Å². The van der Waals surface area contributed by atoms with Crippen molar-refractivity contribution < 1.29 is 9.50 Å². The molecule has 0 spiro atoms. The Bertz CT molecular complexity index is 474. The first-order valence-corrected chi connectivity index (χ1v) is 7.86. The van der Waals surface area contributed by atoms with Crippen LogP contribution in [0.1, 0.15) is 45.6 Å². The lowest BCUT2D eigenvalue weighted by Crippen LogP contribution is -2.47. The van der Waals surface area contributed by atoms with Crippen molar-refractivity contribution in [2.24, 2.45) is 17.8 Å². The third-order valence-corrected chi connectivity index (χ3v) is 5.04. The molecule has 0 aromatic heterocycles. The lowest BCUT2D eigenvalue weighted by molar-refractivity contribution is -0.0795. The van der Waals surface area contributed by atoms with E-state index in [0.717, 1.165) is 19.3 Å². The van der Waals surface area contributed by atoms with Crippen LogP contribution in [0.3, 0.4) is 0 Å². The normalized spacial score (nSPS) is 30.8. The molecule has 1 saturated carbocycles. The number of aliphatic hydroxyl groups is 1. The monoisotopic (exact) mass is 298 g/mol. The summed E-state index contributed by atoms with van der Waals surface area (Å²) < 4.78 is 13.4. The maximum Gasteiger partial charge on any atom is 0.123 e. The molecule has 20 heavy (non-hydrogen) atoms. The molecule has 1 fully saturated rings. The number of hydrogen-bond donors (Lipinski definition) is 1. The molecule has 1 aromatic carbocycles. The van der Waals surface area contributed by atoms with Gasteiger partial charge in [-0.25, -0.2) is 4.39 Å². The van der Waals surface area contributed by atoms with Crippen molar-refractivity contribution in [3.05, 3.63) is 34.6 Å². The van der Waals surface area contributed by atoms with Crippen LogP contribution in [0.5, 0.6) is 0 Å². The zero-order valence-corrected chi connectivity index (χ0v) is 13.3. The fourth-order valence-electron chi connectivity index (χ4n) is 3.76. The Morgan fingerprint density at radius 1 is 1.40 bits per heavy atom. The van der Waals surface area contributed by atoms with Gasteiger partial charge in [-0.3, -0.25) is 0 Å². The smallest absolute Gasteiger partial charge is 0.123 e. The van der Waals surface area contributed by atoms with Gasteiger partial charge in [0.15, 0.2) is 0 Å². The van der Waals surface area contributed by atoms with Crippen LogP contribution in [0.15, 0.2) is 18.2 Å². The molecular formula is C17H24ClFO. The Morgan fingerprint density at radius 2 is 2.10 bits per heavy atom. The van der Waals surface area contributed by atoms with Crippen LogP contribution in [-0.4, -0.2) is 10.7 Å². The minimum atomic E-state index is -0.775. The van der Waals surface area contributed by atoms with Crippen LogP contribution >= 0.6 is 11.6 Å². The largest absolute Gasteiger partial charge is 0.389 e. The van der Waals surface area contributed by atoms with Crippen LogP contribution in [0.4, 0.5) is 4.39 Å². The molecule has 0 radical (unpaired) electrons. The van der Waals surface area contributed by atoms with Gasteiger partial charge in [0.1, 0.15) is 5.82 Å². The van der Waals surface area contributed by atoms with Crippen molar-refractivity contribution in [1.29, 1.82) is 0 Å². The minimum absolute atomic E-state index is 0.248. The average molecular weight is 299 g/mol. The average Bonchev–Trinajstić information content (AvgIpc) is 2.32. The van der Waals surface area contributed by atoms with E-state index in [1.165, 1.54) is 12.1 Å². The van der Waals surface area contributed by atoms with E-state index in [0.29, 0.717) is 28.8 Å². The third-order valence-electron chi connectivity index (χ3n) is 4.67. The van der Waals surface area contributed by atoms with E-state index in [9.17, 15) is 9.50 Å². The standard InChI is InChI=1S/C17H24ClFO/c1-11(2)15-6-4-12(3)9-17(15,20)10-13-8-14(19)5-7-16(13)18/h5,7-8,11-12,15,20H,4,6,9-10H2,1-3H3. The summed E-state index contributed by atoms with van der Waals surface area (Å²) in [5.74, 6) is 0.873. The molecule has 0 bridgehead atoms. The molecule has 1 nitrogen and oxygen atoms in total. The van der Waals surface area contributed by atoms with E-state index in [4.69, 9.17) is 11.6 Å². The summed E-state index contributed by atoms with van der Waals surface area (Å²) in [5.41, 5.74) is -0.0579. The third kappa shape index (κ3) is 3.35. The molecule has 0 heterocycles. The van der Waals surface area contributed by atoms with E-state index < -0.39 is 5.60 Å². The van der Waals surface area contributed by atoms with Gasteiger partial charge in [0, 0.05) is 11.4 Å². The maximum absolute atomic E-state index is 13.4. The van der Waals surface area contributed by atoms with Crippen LogP contribution in [0.25, 0.3) is 0 Å². The second-order valence-corrected chi connectivity index (χ2v) is 7.16. The zero-order valence-electron chi connectivity index (χ0n) is 12.5. The fourth-order valence-corrected chi connectivity index (χ4v) is 3.94. The maximum atomic E-state index is 13.4. The minimum Gasteiger partial charge on any atom is -0.389 e. The first kappa shape index (κ1) is 15.8. The molecule has 3 heteroatoms. The van der Waals surface area contributed by atoms with Gasteiger partial charge in [0.25, 0.3) is 0 Å². The van der Waals surface area contributed by atoms with Gasteiger partial charge >= 0.3 is 0 Å². The Kier molecular flexibility index (Phi) is 4.76. The highest BCUT2D eigenvalue weighted by atomic mass is 35.5. The topological polar surface area (TPSA) is 20.2 Å². The van der Waals surface area contributed by atoms with Gasteiger partial charge in [0.2, 0.25) is 0 Å². The molecule has 1 aliphatic rings. The Morgan fingerprint density at radius 3 is 2.75 bits per heavy atom. The summed E-state index contributed by atoms with van der Waals surface area (Å²) in [6, 6.07) is 4.39. The van der Waals surface area contributed by atoms with Crippen molar-refractivity contribution in [3.63, 3.8) is 0 Å². The van der Waals surface area contributed by atoms with Crippen molar-refractivity contribution in [3.8, 4) is 0 Å². The first-order valence-electron chi connectivity index (χ1n) is 7.48. The van der Waals surface area contributed by atoms with Gasteiger partial charge in [0.05, 0.1) is 5.60 Å². The SMILES string of the molecule is CC1CCC(C(C)C)C(O)(Cc2cc(F)ccc2Cl)C1. The van der Waals surface area contributed by atoms with Gasteiger partial charge in [-0.1, -0.05) is 38.8 Å². The highest BCUT2D eigenvalue weighted by Crippen LogP contribution is 2.43. The Hall–Kier alpha value is -0.600. The van der Waals surface area contributed by atoms with Crippen LogP contribution in [0, 0.1) is 23.6 Å². The van der Waals surface area contributed by atoms with E-state index >= 15 is 0 Å². The predicted octanol–water partition coefficient (Wildman–Crippen LogP) is 4.84. The number of hydrogen-bond acceptors (Lipinski definition) is 1. The molecule has 0 aliphatic heterocycles. The summed E-state index contributed by atoms with van der Waals surface area (Å²) in [7, 11) is 0. The molecule has 0 amide bonds. The number of benzene rings is 1. The second kappa shape index (κ2) is 6.03. The summed E-state index contributed by atoms with van der Waals surface area (Å²) in [6.45, 7) is 6.48. The summed E-state index contributed by atoms with van der Waals surface area (Å²) in [6.07, 6.45) is 3.39. The predicted molar refractivity (Wildman–Crippen MR) is 81.4 cm³/mol. The van der Waals surface area contributed by atoms with E-state index in [-0.39, 0.29) is 11.7 Å². The quantitative estimate of drug-likeness (QED) is 0.846. The molecule has 2 rings (SSSR count). The molecule has 1 N–H and O–H groups in total. The van der Waals surface area contributed by atoms with Crippen molar-refractivity contribution in [2.45, 2.75) is 52.1 Å². The number of rotatable bonds is 3. The lowest BCUT2D eigenvalue weighted by Gasteiger charge is -2.45. The fraction of sp³-hybridized carbons (Fsp3) is 0.647.